The lowest BCUT2D eigenvalue weighted by atomic mass is 10.0. The molecule has 0 saturated heterocycles. The van der Waals surface area contributed by atoms with Crippen molar-refractivity contribution in [1.82, 2.24) is 5.32 Å². The van der Waals surface area contributed by atoms with Crippen LogP contribution in [0.5, 0.6) is 0 Å². The molecule has 0 unspecified atom stereocenters. The number of hydrogen-bond donors (Lipinski definition) is 1. The summed E-state index contributed by atoms with van der Waals surface area (Å²) in [5.74, 6) is -0.0699. The molecule has 100 valence electrons. The molecule has 0 aliphatic heterocycles. The van der Waals surface area contributed by atoms with Crippen molar-refractivity contribution in [1.29, 1.82) is 0 Å². The highest BCUT2D eigenvalue weighted by atomic mass is 19.1. The first-order valence-electron chi connectivity index (χ1n) is 6.30. The van der Waals surface area contributed by atoms with Crippen molar-refractivity contribution < 1.29 is 9.18 Å². The molecule has 0 aromatic heterocycles. The molecule has 0 bridgehead atoms. The van der Waals surface area contributed by atoms with E-state index in [0.29, 0.717) is 19.4 Å². The quantitative estimate of drug-likeness (QED) is 0.871. The molecule has 2 nitrogen and oxygen atoms in total. The van der Waals surface area contributed by atoms with Crippen LogP contribution in [0, 0.1) is 12.7 Å². The molecule has 0 radical (unpaired) electrons. The number of ketones is 1. The molecule has 0 heterocycles. The molecule has 0 fully saturated rings. The number of nitrogens with one attached hydrogen (secondary N) is 1. The molecule has 0 saturated carbocycles. The van der Waals surface area contributed by atoms with Gasteiger partial charge < -0.3 is 5.32 Å². The van der Waals surface area contributed by atoms with Gasteiger partial charge in [0.15, 0.2) is 0 Å². The van der Waals surface area contributed by atoms with Gasteiger partial charge in [0.2, 0.25) is 0 Å². The number of carbonyl (C=O) groups excluding carboxylic acids is 1. The van der Waals surface area contributed by atoms with E-state index in [2.05, 4.69) is 26.1 Å². The summed E-state index contributed by atoms with van der Waals surface area (Å²) in [6.45, 7) is 8.73. The highest BCUT2D eigenvalue weighted by Gasteiger charge is 2.11. The van der Waals surface area contributed by atoms with Gasteiger partial charge in [0, 0.05) is 24.9 Å². The Labute approximate surface area is 109 Å². The van der Waals surface area contributed by atoms with Crippen molar-refractivity contribution in [3.8, 4) is 0 Å². The minimum atomic E-state index is -0.252. The van der Waals surface area contributed by atoms with E-state index >= 15 is 0 Å². The van der Waals surface area contributed by atoms with E-state index in [1.165, 1.54) is 12.1 Å². The number of rotatable bonds is 5. The third-order valence-corrected chi connectivity index (χ3v) is 2.75. The van der Waals surface area contributed by atoms with Crippen molar-refractivity contribution in [2.45, 2.75) is 46.1 Å². The largest absolute Gasteiger partial charge is 0.312 e. The van der Waals surface area contributed by atoms with Gasteiger partial charge in [-0.25, -0.2) is 4.39 Å². The Morgan fingerprint density at radius 3 is 2.56 bits per heavy atom. The van der Waals surface area contributed by atoms with Gasteiger partial charge in [0.05, 0.1) is 0 Å². The van der Waals surface area contributed by atoms with Crippen LogP contribution in [0.4, 0.5) is 4.39 Å². The van der Waals surface area contributed by atoms with Crippen LogP contribution in [0.3, 0.4) is 0 Å². The monoisotopic (exact) mass is 251 g/mol. The number of Topliss-reactive ketones (excluding diaryl/α,β-unsaturated/α-hetero) is 1. The van der Waals surface area contributed by atoms with Crippen molar-refractivity contribution in [3.05, 3.63) is 35.1 Å². The first kappa shape index (κ1) is 14.8. The van der Waals surface area contributed by atoms with Crippen LogP contribution >= 0.6 is 0 Å². The summed E-state index contributed by atoms with van der Waals surface area (Å²) in [5, 5.41) is 3.28. The molecule has 0 spiro atoms. The van der Waals surface area contributed by atoms with E-state index in [1.54, 1.807) is 6.07 Å². The van der Waals surface area contributed by atoms with E-state index in [1.807, 2.05) is 6.92 Å². The Morgan fingerprint density at radius 2 is 2.00 bits per heavy atom. The van der Waals surface area contributed by atoms with Crippen molar-refractivity contribution in [3.63, 3.8) is 0 Å². The average Bonchev–Trinajstić information content (AvgIpc) is 2.20. The number of hydrogen-bond acceptors (Lipinski definition) is 2. The van der Waals surface area contributed by atoms with Crippen LogP contribution in [0.15, 0.2) is 18.2 Å². The fraction of sp³-hybridized carbons (Fsp3) is 0.533. The molecule has 3 heteroatoms. The van der Waals surface area contributed by atoms with Gasteiger partial charge in [-0.2, -0.15) is 0 Å². The predicted octanol–water partition coefficient (Wildman–Crippen LogP) is 3.02. The number of carbonyl (C=O) groups is 1. The molecule has 1 aromatic rings. The van der Waals surface area contributed by atoms with Gasteiger partial charge >= 0.3 is 0 Å². The molecular formula is C15H22FNO. The molecular weight excluding hydrogens is 229 g/mol. The maximum absolute atomic E-state index is 12.9. The van der Waals surface area contributed by atoms with Crippen LogP contribution in [-0.4, -0.2) is 17.9 Å². The molecule has 0 aliphatic rings. The van der Waals surface area contributed by atoms with E-state index in [4.69, 9.17) is 0 Å². The Bertz CT molecular complexity index is 421. The Morgan fingerprint density at radius 1 is 1.33 bits per heavy atom. The topological polar surface area (TPSA) is 29.1 Å². The number of benzene rings is 1. The minimum absolute atomic E-state index is 0.0338. The van der Waals surface area contributed by atoms with E-state index < -0.39 is 0 Å². The minimum Gasteiger partial charge on any atom is -0.312 e. The second kappa shape index (κ2) is 6.10. The van der Waals surface area contributed by atoms with E-state index in [9.17, 15) is 9.18 Å². The molecule has 0 atom stereocenters. The zero-order valence-corrected chi connectivity index (χ0v) is 11.6. The SMILES string of the molecule is Cc1cc(F)ccc1CC(=O)CCNC(C)(C)C. The third kappa shape index (κ3) is 5.41. The van der Waals surface area contributed by atoms with Crippen molar-refractivity contribution >= 4 is 5.78 Å². The molecule has 1 aromatic carbocycles. The summed E-state index contributed by atoms with van der Waals surface area (Å²) in [7, 11) is 0. The zero-order chi connectivity index (χ0) is 13.8. The third-order valence-electron chi connectivity index (χ3n) is 2.75. The molecule has 0 amide bonds. The first-order chi connectivity index (χ1) is 8.28. The number of aryl methyl sites for hydroxylation is 1. The highest BCUT2D eigenvalue weighted by Crippen LogP contribution is 2.11. The van der Waals surface area contributed by atoms with Gasteiger partial charge in [0.1, 0.15) is 11.6 Å². The van der Waals surface area contributed by atoms with Crippen LogP contribution in [0.25, 0.3) is 0 Å². The molecule has 1 rings (SSSR count). The highest BCUT2D eigenvalue weighted by molar-refractivity contribution is 5.81. The predicted molar refractivity (Wildman–Crippen MR) is 72.2 cm³/mol. The summed E-state index contributed by atoms with van der Waals surface area (Å²) in [6, 6.07) is 4.57. The number of halogens is 1. The smallest absolute Gasteiger partial charge is 0.138 e. The van der Waals surface area contributed by atoms with Gasteiger partial charge in [-0.05, 0) is 51.0 Å². The standard InChI is InChI=1S/C15H22FNO/c1-11-9-13(16)6-5-12(11)10-14(18)7-8-17-15(2,3)4/h5-6,9,17H,7-8,10H2,1-4H3. The fourth-order valence-electron chi connectivity index (χ4n) is 1.74. The van der Waals surface area contributed by atoms with Crippen LogP contribution in [-0.2, 0) is 11.2 Å². The molecule has 0 aliphatic carbocycles. The van der Waals surface area contributed by atoms with Gasteiger partial charge in [-0.1, -0.05) is 6.07 Å². The van der Waals surface area contributed by atoms with Crippen molar-refractivity contribution in [2.24, 2.45) is 0 Å². The van der Waals surface area contributed by atoms with Crippen LogP contribution in [0.2, 0.25) is 0 Å². The lowest BCUT2D eigenvalue weighted by Gasteiger charge is -2.20. The maximum Gasteiger partial charge on any atom is 0.138 e. The van der Waals surface area contributed by atoms with Crippen LogP contribution < -0.4 is 5.32 Å². The maximum atomic E-state index is 12.9. The summed E-state index contributed by atoms with van der Waals surface area (Å²) < 4.78 is 12.9. The van der Waals surface area contributed by atoms with E-state index in [0.717, 1.165) is 11.1 Å². The summed E-state index contributed by atoms with van der Waals surface area (Å²) in [5.41, 5.74) is 1.79. The summed E-state index contributed by atoms with van der Waals surface area (Å²) in [6.07, 6.45) is 0.895. The summed E-state index contributed by atoms with van der Waals surface area (Å²) >= 11 is 0. The second-order valence-electron chi connectivity index (χ2n) is 5.71. The lowest BCUT2D eigenvalue weighted by Crippen LogP contribution is -2.37. The molecule has 1 N–H and O–H groups in total. The Hall–Kier alpha value is -1.22. The van der Waals surface area contributed by atoms with Gasteiger partial charge in [0.25, 0.3) is 0 Å². The molecule has 18 heavy (non-hydrogen) atoms. The normalized spacial score (nSPS) is 11.6. The van der Waals surface area contributed by atoms with Gasteiger partial charge in [-0.15, -0.1) is 0 Å². The van der Waals surface area contributed by atoms with Gasteiger partial charge in [-0.3, -0.25) is 4.79 Å². The zero-order valence-electron chi connectivity index (χ0n) is 11.6. The first-order valence-corrected chi connectivity index (χ1v) is 6.30. The van der Waals surface area contributed by atoms with Crippen molar-refractivity contribution in [2.75, 3.05) is 6.54 Å². The van der Waals surface area contributed by atoms with Crippen LogP contribution in [0.1, 0.15) is 38.3 Å². The fourth-order valence-corrected chi connectivity index (χ4v) is 1.74. The lowest BCUT2D eigenvalue weighted by molar-refractivity contribution is -0.118. The average molecular weight is 251 g/mol. The second-order valence-corrected chi connectivity index (χ2v) is 5.71. The summed E-state index contributed by atoms with van der Waals surface area (Å²) in [4.78, 5) is 11.8. The van der Waals surface area contributed by atoms with E-state index in [-0.39, 0.29) is 17.1 Å². The Kier molecular flexibility index (Phi) is 5.03. The Balaban J connectivity index is 2.45.